The SMILES string of the molecule is CNC(=O)c1cc(C(=O)NC(C)(C)C)cc(C(=O)NC(C)(C)C)c1. The third-order valence-corrected chi connectivity index (χ3v) is 2.92. The van der Waals surface area contributed by atoms with Gasteiger partial charge in [-0.15, -0.1) is 0 Å². The van der Waals surface area contributed by atoms with Crippen molar-refractivity contribution in [3.63, 3.8) is 0 Å². The summed E-state index contributed by atoms with van der Waals surface area (Å²) in [6, 6.07) is 4.45. The molecule has 0 aromatic heterocycles. The van der Waals surface area contributed by atoms with Crippen LogP contribution in [0.15, 0.2) is 18.2 Å². The molecule has 6 nitrogen and oxygen atoms in total. The predicted molar refractivity (Wildman–Crippen MR) is 94.3 cm³/mol. The molecule has 0 unspecified atom stereocenters. The summed E-state index contributed by atoms with van der Waals surface area (Å²) in [5, 5.41) is 8.17. The van der Waals surface area contributed by atoms with E-state index >= 15 is 0 Å². The molecular formula is C18H27N3O3. The van der Waals surface area contributed by atoms with Crippen LogP contribution < -0.4 is 16.0 Å². The molecule has 0 radical (unpaired) electrons. The molecule has 3 N–H and O–H groups in total. The third-order valence-electron chi connectivity index (χ3n) is 2.92. The molecule has 6 heteroatoms. The molecule has 0 saturated heterocycles. The fraction of sp³-hybridized carbons (Fsp3) is 0.500. The van der Waals surface area contributed by atoms with Crippen LogP contribution in [0.1, 0.15) is 72.6 Å². The molecule has 0 aliphatic rings. The number of rotatable bonds is 3. The second-order valence-corrected chi connectivity index (χ2v) is 7.79. The molecule has 0 heterocycles. The van der Waals surface area contributed by atoms with E-state index in [1.807, 2.05) is 41.5 Å². The first-order valence-electron chi connectivity index (χ1n) is 7.84. The molecule has 0 spiro atoms. The zero-order valence-corrected chi connectivity index (χ0v) is 15.5. The Balaban J connectivity index is 3.30. The summed E-state index contributed by atoms with van der Waals surface area (Å²) in [4.78, 5) is 36.8. The number of carbonyl (C=O) groups is 3. The van der Waals surface area contributed by atoms with Gasteiger partial charge in [-0.1, -0.05) is 0 Å². The molecule has 0 atom stereocenters. The van der Waals surface area contributed by atoms with E-state index in [2.05, 4.69) is 16.0 Å². The van der Waals surface area contributed by atoms with Crippen molar-refractivity contribution in [2.24, 2.45) is 0 Å². The zero-order chi connectivity index (χ0) is 18.7. The third kappa shape index (κ3) is 6.02. The van der Waals surface area contributed by atoms with Crippen molar-refractivity contribution in [1.29, 1.82) is 0 Å². The van der Waals surface area contributed by atoms with Crippen LogP contribution in [-0.4, -0.2) is 35.8 Å². The van der Waals surface area contributed by atoms with Crippen LogP contribution >= 0.6 is 0 Å². The predicted octanol–water partition coefficient (Wildman–Crippen LogP) is 2.10. The maximum atomic E-state index is 12.4. The Hall–Kier alpha value is -2.37. The maximum absolute atomic E-state index is 12.4. The van der Waals surface area contributed by atoms with E-state index in [1.165, 1.54) is 25.2 Å². The van der Waals surface area contributed by atoms with Crippen molar-refractivity contribution in [1.82, 2.24) is 16.0 Å². The highest BCUT2D eigenvalue weighted by Crippen LogP contribution is 2.14. The lowest BCUT2D eigenvalue weighted by Gasteiger charge is -2.22. The Morgan fingerprint density at radius 1 is 0.667 bits per heavy atom. The van der Waals surface area contributed by atoms with Crippen molar-refractivity contribution >= 4 is 17.7 Å². The summed E-state index contributed by atoms with van der Waals surface area (Å²) in [7, 11) is 1.50. The van der Waals surface area contributed by atoms with Gasteiger partial charge in [0.1, 0.15) is 0 Å². The fourth-order valence-corrected chi connectivity index (χ4v) is 1.99. The molecular weight excluding hydrogens is 306 g/mol. The summed E-state index contributed by atoms with van der Waals surface area (Å²) >= 11 is 0. The number of carbonyl (C=O) groups excluding carboxylic acids is 3. The number of hydrogen-bond donors (Lipinski definition) is 3. The topological polar surface area (TPSA) is 87.3 Å². The summed E-state index contributed by atoms with van der Waals surface area (Å²) in [5.41, 5.74) is -0.0460. The van der Waals surface area contributed by atoms with E-state index in [1.54, 1.807) is 0 Å². The average molecular weight is 333 g/mol. The number of benzene rings is 1. The van der Waals surface area contributed by atoms with E-state index in [0.717, 1.165) is 0 Å². The van der Waals surface area contributed by atoms with E-state index in [-0.39, 0.29) is 34.4 Å². The quantitative estimate of drug-likeness (QED) is 0.791. The molecule has 0 fully saturated rings. The lowest BCUT2D eigenvalue weighted by molar-refractivity contribution is 0.0918. The Morgan fingerprint density at radius 3 is 1.21 bits per heavy atom. The van der Waals surface area contributed by atoms with Crippen molar-refractivity contribution in [2.45, 2.75) is 52.6 Å². The summed E-state index contributed by atoms with van der Waals surface area (Å²) in [6.45, 7) is 11.2. The minimum absolute atomic E-state index is 0.262. The lowest BCUT2D eigenvalue weighted by Crippen LogP contribution is -2.42. The van der Waals surface area contributed by atoms with Gasteiger partial charge in [0.2, 0.25) is 0 Å². The molecule has 24 heavy (non-hydrogen) atoms. The number of nitrogens with one attached hydrogen (secondary N) is 3. The molecule has 0 aliphatic heterocycles. The van der Waals surface area contributed by atoms with Crippen LogP contribution in [0.25, 0.3) is 0 Å². The van der Waals surface area contributed by atoms with Crippen molar-refractivity contribution in [2.75, 3.05) is 7.05 Å². The second kappa shape index (κ2) is 7.03. The van der Waals surface area contributed by atoms with Gasteiger partial charge >= 0.3 is 0 Å². The van der Waals surface area contributed by atoms with E-state index < -0.39 is 11.1 Å². The zero-order valence-electron chi connectivity index (χ0n) is 15.5. The summed E-state index contributed by atoms with van der Waals surface area (Å²) in [5.74, 6) is -1.03. The highest BCUT2D eigenvalue weighted by Gasteiger charge is 2.21. The Labute approximate surface area is 143 Å². The molecule has 1 aromatic carbocycles. The molecule has 1 aromatic rings. The van der Waals surface area contributed by atoms with E-state index in [4.69, 9.17) is 0 Å². The smallest absolute Gasteiger partial charge is 0.251 e. The highest BCUT2D eigenvalue weighted by molar-refractivity contribution is 6.04. The standard InChI is InChI=1S/C18H27N3O3/c1-17(2,3)20-15(23)12-8-11(14(22)19-7)9-13(10-12)16(24)21-18(4,5)6/h8-10H,1-7H3,(H,19,22)(H,20,23)(H,21,24). The maximum Gasteiger partial charge on any atom is 0.251 e. The first kappa shape index (κ1) is 19.7. The normalized spacial score (nSPS) is 11.6. The van der Waals surface area contributed by atoms with Crippen molar-refractivity contribution in [3.05, 3.63) is 34.9 Å². The lowest BCUT2D eigenvalue weighted by atomic mass is 10.0. The van der Waals surface area contributed by atoms with Crippen LogP contribution in [-0.2, 0) is 0 Å². The first-order valence-corrected chi connectivity index (χ1v) is 7.84. The largest absolute Gasteiger partial charge is 0.355 e. The first-order chi connectivity index (χ1) is 10.8. The molecule has 132 valence electrons. The summed E-state index contributed by atoms with van der Waals surface area (Å²) in [6.07, 6.45) is 0. The Kier molecular flexibility index (Phi) is 5.76. The average Bonchev–Trinajstić information content (AvgIpc) is 2.42. The van der Waals surface area contributed by atoms with Crippen LogP contribution in [0.3, 0.4) is 0 Å². The van der Waals surface area contributed by atoms with Gasteiger partial charge in [-0.3, -0.25) is 14.4 Å². The van der Waals surface area contributed by atoms with E-state index in [9.17, 15) is 14.4 Å². The van der Waals surface area contributed by atoms with Gasteiger partial charge in [0.05, 0.1) is 0 Å². The molecule has 0 aliphatic carbocycles. The van der Waals surface area contributed by atoms with Gasteiger partial charge in [-0.05, 0) is 59.7 Å². The highest BCUT2D eigenvalue weighted by atomic mass is 16.2. The molecule has 0 bridgehead atoms. The molecule has 3 amide bonds. The van der Waals surface area contributed by atoms with Gasteiger partial charge in [-0.25, -0.2) is 0 Å². The minimum atomic E-state index is -0.423. The van der Waals surface area contributed by atoms with Gasteiger partial charge in [-0.2, -0.15) is 0 Å². The van der Waals surface area contributed by atoms with Crippen molar-refractivity contribution in [3.8, 4) is 0 Å². The second-order valence-electron chi connectivity index (χ2n) is 7.79. The van der Waals surface area contributed by atoms with Gasteiger partial charge < -0.3 is 16.0 Å². The monoisotopic (exact) mass is 333 g/mol. The van der Waals surface area contributed by atoms with Crippen molar-refractivity contribution < 1.29 is 14.4 Å². The Morgan fingerprint density at radius 2 is 0.958 bits per heavy atom. The van der Waals surface area contributed by atoms with Gasteiger partial charge in [0, 0.05) is 34.8 Å². The van der Waals surface area contributed by atoms with Crippen LogP contribution in [0.2, 0.25) is 0 Å². The molecule has 0 saturated carbocycles. The number of hydrogen-bond acceptors (Lipinski definition) is 3. The minimum Gasteiger partial charge on any atom is -0.355 e. The van der Waals surface area contributed by atoms with Crippen LogP contribution in [0, 0.1) is 0 Å². The van der Waals surface area contributed by atoms with E-state index in [0.29, 0.717) is 0 Å². The van der Waals surface area contributed by atoms with Crippen LogP contribution in [0.4, 0.5) is 0 Å². The van der Waals surface area contributed by atoms with Gasteiger partial charge in [0.15, 0.2) is 0 Å². The molecule has 1 rings (SSSR count). The van der Waals surface area contributed by atoms with Crippen LogP contribution in [0.5, 0.6) is 0 Å². The summed E-state index contributed by atoms with van der Waals surface area (Å²) < 4.78 is 0. The van der Waals surface area contributed by atoms with Gasteiger partial charge in [0.25, 0.3) is 17.7 Å². The Bertz CT molecular complexity index is 606. The number of amides is 3. The fourth-order valence-electron chi connectivity index (χ4n) is 1.99.